The molecule has 3 fully saturated rings. The van der Waals surface area contributed by atoms with Crippen molar-refractivity contribution >= 4 is 0 Å². The van der Waals surface area contributed by atoms with Gasteiger partial charge in [-0.1, -0.05) is 65.5 Å². The third kappa shape index (κ3) is 3.62. The SMILES string of the molecule is CC(C)CCCC(C)C1CCC2C3CC=C4CC(C#N)CCC4(C)C3CCC12C. The molecule has 8 unspecified atom stereocenters. The van der Waals surface area contributed by atoms with E-state index in [-0.39, 0.29) is 5.92 Å². The Balaban J connectivity index is 1.49. The Bertz CT molecular complexity index is 668. The molecular formula is C28H45N. The molecule has 4 aliphatic rings. The van der Waals surface area contributed by atoms with Crippen LogP contribution in [-0.4, -0.2) is 0 Å². The van der Waals surface area contributed by atoms with E-state index >= 15 is 0 Å². The molecule has 3 saturated carbocycles. The van der Waals surface area contributed by atoms with Crippen molar-refractivity contribution in [2.75, 3.05) is 0 Å². The van der Waals surface area contributed by atoms with E-state index in [0.29, 0.717) is 10.8 Å². The zero-order chi connectivity index (χ0) is 20.8. The topological polar surface area (TPSA) is 23.8 Å². The maximum absolute atomic E-state index is 9.45. The molecule has 1 nitrogen and oxygen atoms in total. The Hall–Kier alpha value is -0.770. The van der Waals surface area contributed by atoms with Crippen molar-refractivity contribution in [2.45, 2.75) is 105 Å². The molecule has 162 valence electrons. The molecule has 0 aromatic carbocycles. The average molecular weight is 396 g/mol. The number of fused-ring (bicyclic) bond motifs is 5. The lowest BCUT2D eigenvalue weighted by Gasteiger charge is -2.58. The predicted molar refractivity (Wildman–Crippen MR) is 122 cm³/mol. The standard InChI is InChI=1S/C28H45N/c1-19(2)7-6-8-20(3)24-11-12-25-23-10-9-22-17-21(18-29)13-15-27(22,4)26(23)14-16-28(24,25)5/h9,19-21,23-26H,6-8,10-17H2,1-5H3. The van der Waals surface area contributed by atoms with Gasteiger partial charge in [0.25, 0.3) is 0 Å². The van der Waals surface area contributed by atoms with Crippen molar-refractivity contribution < 1.29 is 0 Å². The van der Waals surface area contributed by atoms with E-state index in [4.69, 9.17) is 0 Å². The first-order chi connectivity index (χ1) is 13.8. The summed E-state index contributed by atoms with van der Waals surface area (Å²) in [5, 5.41) is 9.45. The molecule has 8 atom stereocenters. The van der Waals surface area contributed by atoms with Crippen LogP contribution in [0.25, 0.3) is 0 Å². The van der Waals surface area contributed by atoms with Crippen LogP contribution in [0, 0.1) is 63.6 Å². The van der Waals surface area contributed by atoms with E-state index < -0.39 is 0 Å². The smallest absolute Gasteiger partial charge is 0.0659 e. The molecule has 29 heavy (non-hydrogen) atoms. The molecule has 4 aliphatic carbocycles. The van der Waals surface area contributed by atoms with Gasteiger partial charge in [0.2, 0.25) is 0 Å². The van der Waals surface area contributed by atoms with Crippen molar-refractivity contribution in [1.82, 2.24) is 0 Å². The van der Waals surface area contributed by atoms with Gasteiger partial charge >= 0.3 is 0 Å². The summed E-state index contributed by atoms with van der Waals surface area (Å²) in [4.78, 5) is 0. The second-order valence-electron chi connectivity index (χ2n) is 12.4. The van der Waals surface area contributed by atoms with Crippen LogP contribution < -0.4 is 0 Å². The van der Waals surface area contributed by atoms with Gasteiger partial charge in [0, 0.05) is 0 Å². The first-order valence-electron chi connectivity index (χ1n) is 12.9. The Kier molecular flexibility index (Phi) is 5.96. The largest absolute Gasteiger partial charge is 0.198 e. The first kappa shape index (κ1) is 21.5. The lowest BCUT2D eigenvalue weighted by Crippen LogP contribution is -2.50. The predicted octanol–water partition coefficient (Wildman–Crippen LogP) is 8.17. The van der Waals surface area contributed by atoms with E-state index in [1.54, 1.807) is 5.57 Å². The number of nitrogens with zero attached hydrogens (tertiary/aromatic N) is 1. The summed E-state index contributed by atoms with van der Waals surface area (Å²) in [5.74, 6) is 5.73. The normalized spacial score (nSPS) is 45.0. The van der Waals surface area contributed by atoms with Gasteiger partial charge in [-0.25, -0.2) is 0 Å². The highest BCUT2D eigenvalue weighted by Crippen LogP contribution is 2.67. The van der Waals surface area contributed by atoms with Gasteiger partial charge < -0.3 is 0 Å². The van der Waals surface area contributed by atoms with Gasteiger partial charge in [-0.05, 0) is 97.7 Å². The van der Waals surface area contributed by atoms with Crippen LogP contribution in [-0.2, 0) is 0 Å². The van der Waals surface area contributed by atoms with Crippen LogP contribution >= 0.6 is 0 Å². The van der Waals surface area contributed by atoms with Gasteiger partial charge in [0.05, 0.1) is 12.0 Å². The third-order valence-electron chi connectivity index (χ3n) is 10.5. The van der Waals surface area contributed by atoms with E-state index in [0.717, 1.165) is 48.3 Å². The maximum Gasteiger partial charge on any atom is 0.0659 e. The van der Waals surface area contributed by atoms with Crippen molar-refractivity contribution in [3.05, 3.63) is 11.6 Å². The quantitative estimate of drug-likeness (QED) is 0.431. The maximum atomic E-state index is 9.45. The highest BCUT2D eigenvalue weighted by Gasteiger charge is 2.59. The molecule has 0 radical (unpaired) electrons. The molecule has 0 bridgehead atoms. The zero-order valence-electron chi connectivity index (χ0n) is 19.8. The fourth-order valence-corrected chi connectivity index (χ4v) is 8.80. The zero-order valence-corrected chi connectivity index (χ0v) is 19.8. The van der Waals surface area contributed by atoms with Gasteiger partial charge in [0.1, 0.15) is 0 Å². The number of rotatable bonds is 5. The van der Waals surface area contributed by atoms with Crippen molar-refractivity contribution in [3.8, 4) is 6.07 Å². The van der Waals surface area contributed by atoms with E-state index in [9.17, 15) is 5.26 Å². The molecule has 0 aromatic heterocycles. The second kappa shape index (κ2) is 8.05. The minimum Gasteiger partial charge on any atom is -0.198 e. The lowest BCUT2D eigenvalue weighted by molar-refractivity contribution is -0.0515. The molecule has 0 spiro atoms. The van der Waals surface area contributed by atoms with E-state index in [2.05, 4.69) is 46.8 Å². The number of hydrogen-bond donors (Lipinski definition) is 0. The van der Waals surface area contributed by atoms with Crippen LogP contribution in [0.5, 0.6) is 0 Å². The van der Waals surface area contributed by atoms with E-state index in [1.165, 1.54) is 57.8 Å². The number of allylic oxidation sites excluding steroid dienone is 2. The molecule has 0 aliphatic heterocycles. The first-order valence-corrected chi connectivity index (χ1v) is 12.9. The summed E-state index contributed by atoms with van der Waals surface area (Å²) in [6.07, 6.45) is 17.5. The van der Waals surface area contributed by atoms with Crippen LogP contribution in [0.2, 0.25) is 0 Å². The molecule has 4 rings (SSSR count). The minimum atomic E-state index is 0.280. The Labute approximate surface area is 180 Å². The molecule has 0 heterocycles. The summed E-state index contributed by atoms with van der Waals surface area (Å²) in [7, 11) is 0. The summed E-state index contributed by atoms with van der Waals surface area (Å²) in [5.41, 5.74) is 2.65. The molecule has 0 N–H and O–H groups in total. The van der Waals surface area contributed by atoms with Gasteiger partial charge in [0.15, 0.2) is 0 Å². The number of hydrogen-bond acceptors (Lipinski definition) is 1. The lowest BCUT2D eigenvalue weighted by atomic mass is 9.46. The molecule has 1 heteroatoms. The van der Waals surface area contributed by atoms with Crippen LogP contribution in [0.15, 0.2) is 11.6 Å². The van der Waals surface area contributed by atoms with Gasteiger partial charge in [-0.3, -0.25) is 0 Å². The average Bonchev–Trinajstić information content (AvgIpc) is 3.04. The fourth-order valence-electron chi connectivity index (χ4n) is 8.80. The van der Waals surface area contributed by atoms with Crippen LogP contribution in [0.4, 0.5) is 0 Å². The molecule has 0 aromatic rings. The Morgan fingerprint density at radius 1 is 1.03 bits per heavy atom. The van der Waals surface area contributed by atoms with E-state index in [1.807, 2.05) is 0 Å². The fraction of sp³-hybridized carbons (Fsp3) is 0.893. The van der Waals surface area contributed by atoms with Crippen LogP contribution in [0.3, 0.4) is 0 Å². The number of nitriles is 1. The van der Waals surface area contributed by atoms with Crippen molar-refractivity contribution in [1.29, 1.82) is 5.26 Å². The summed E-state index contributed by atoms with van der Waals surface area (Å²) in [6.45, 7) is 12.6. The molecule has 0 saturated heterocycles. The highest BCUT2D eigenvalue weighted by atomic mass is 14.6. The Morgan fingerprint density at radius 2 is 1.83 bits per heavy atom. The highest BCUT2D eigenvalue weighted by molar-refractivity contribution is 5.26. The summed E-state index contributed by atoms with van der Waals surface area (Å²) in [6, 6.07) is 2.57. The second-order valence-corrected chi connectivity index (χ2v) is 12.4. The third-order valence-corrected chi connectivity index (χ3v) is 10.5. The van der Waals surface area contributed by atoms with Crippen molar-refractivity contribution in [2.24, 2.45) is 52.3 Å². The summed E-state index contributed by atoms with van der Waals surface area (Å²) < 4.78 is 0. The molecular weight excluding hydrogens is 350 g/mol. The molecule has 0 amide bonds. The monoisotopic (exact) mass is 395 g/mol. The summed E-state index contributed by atoms with van der Waals surface area (Å²) >= 11 is 0. The minimum absolute atomic E-state index is 0.280. The van der Waals surface area contributed by atoms with Crippen LogP contribution in [0.1, 0.15) is 105 Å². The van der Waals surface area contributed by atoms with Gasteiger partial charge in [-0.15, -0.1) is 0 Å². The Morgan fingerprint density at radius 3 is 2.55 bits per heavy atom. The van der Waals surface area contributed by atoms with Gasteiger partial charge in [-0.2, -0.15) is 5.26 Å². The van der Waals surface area contributed by atoms with Crippen molar-refractivity contribution in [3.63, 3.8) is 0 Å².